The van der Waals surface area contributed by atoms with Gasteiger partial charge in [0.15, 0.2) is 0 Å². The van der Waals surface area contributed by atoms with Crippen LogP contribution in [0.4, 0.5) is 0 Å². The predicted octanol–water partition coefficient (Wildman–Crippen LogP) is 4.53. The molecule has 0 unspecified atom stereocenters. The quantitative estimate of drug-likeness (QED) is 0.437. The number of ether oxygens (including phenoxy) is 1. The Morgan fingerprint density at radius 3 is 2.69 bits per heavy atom. The van der Waals surface area contributed by atoms with Gasteiger partial charge in [-0.25, -0.2) is 9.97 Å². The van der Waals surface area contributed by atoms with Gasteiger partial charge in [0, 0.05) is 18.3 Å². The van der Waals surface area contributed by atoms with Gasteiger partial charge in [0.1, 0.15) is 17.7 Å². The average molecular weight is 422 g/mol. The molecule has 32 heavy (non-hydrogen) atoms. The molecule has 0 spiro atoms. The van der Waals surface area contributed by atoms with E-state index in [9.17, 15) is 4.79 Å². The highest BCUT2D eigenvalue weighted by atomic mass is 16.5. The number of aromatic nitrogens is 3. The summed E-state index contributed by atoms with van der Waals surface area (Å²) in [6.07, 6.45) is 4.18. The van der Waals surface area contributed by atoms with Crippen molar-refractivity contribution in [3.8, 4) is 17.0 Å². The number of benzene rings is 2. The Kier molecular flexibility index (Phi) is 5.25. The van der Waals surface area contributed by atoms with Crippen LogP contribution >= 0.6 is 0 Å². The lowest BCUT2D eigenvalue weighted by atomic mass is 10.0. The first-order valence-electron chi connectivity index (χ1n) is 10.5. The largest absolute Gasteiger partial charge is 0.497 e. The topological polar surface area (TPSA) is 68.5 Å². The number of nitrogens with zero attached hydrogens (tertiary/aromatic N) is 3. The molecule has 0 saturated heterocycles. The lowest BCUT2D eigenvalue weighted by Crippen LogP contribution is -2.25. The molecule has 0 aliphatic heterocycles. The summed E-state index contributed by atoms with van der Waals surface area (Å²) in [5, 5.41) is 3.84. The van der Waals surface area contributed by atoms with E-state index in [0.717, 1.165) is 33.5 Å². The first kappa shape index (κ1) is 19.8. The van der Waals surface area contributed by atoms with Crippen molar-refractivity contribution < 1.29 is 9.53 Å². The third kappa shape index (κ3) is 3.56. The van der Waals surface area contributed by atoms with E-state index >= 15 is 0 Å². The zero-order valence-corrected chi connectivity index (χ0v) is 17.7. The summed E-state index contributed by atoms with van der Waals surface area (Å²) in [7, 11) is 1.65. The van der Waals surface area contributed by atoms with Crippen molar-refractivity contribution in [3.05, 3.63) is 96.4 Å². The van der Waals surface area contributed by atoms with Gasteiger partial charge in [-0.1, -0.05) is 48.5 Å². The van der Waals surface area contributed by atoms with E-state index in [-0.39, 0.29) is 5.91 Å². The first-order valence-corrected chi connectivity index (χ1v) is 10.5. The summed E-state index contributed by atoms with van der Waals surface area (Å²) >= 11 is 0. The fourth-order valence-electron chi connectivity index (χ4n) is 4.03. The number of rotatable bonds is 6. The molecular formula is C26H22N4O2. The van der Waals surface area contributed by atoms with Crippen LogP contribution in [0.2, 0.25) is 0 Å². The Bertz CT molecular complexity index is 1410. The lowest BCUT2D eigenvalue weighted by molar-refractivity contribution is 0.0957. The van der Waals surface area contributed by atoms with Gasteiger partial charge in [-0.05, 0) is 36.2 Å². The van der Waals surface area contributed by atoms with Crippen molar-refractivity contribution >= 4 is 22.5 Å². The molecule has 6 nitrogen and oxygen atoms in total. The van der Waals surface area contributed by atoms with Gasteiger partial charge in [0.05, 0.1) is 29.3 Å². The van der Waals surface area contributed by atoms with Crippen molar-refractivity contribution in [2.24, 2.45) is 0 Å². The molecule has 0 fully saturated rings. The Morgan fingerprint density at radius 2 is 1.84 bits per heavy atom. The summed E-state index contributed by atoms with van der Waals surface area (Å²) in [5.41, 5.74) is 4.90. The minimum absolute atomic E-state index is 0.140. The van der Waals surface area contributed by atoms with Gasteiger partial charge in [-0.3, -0.25) is 4.79 Å². The van der Waals surface area contributed by atoms with Crippen LogP contribution in [-0.4, -0.2) is 33.9 Å². The summed E-state index contributed by atoms with van der Waals surface area (Å²) in [4.78, 5) is 22.5. The molecule has 0 aliphatic rings. The molecule has 5 aromatic rings. The van der Waals surface area contributed by atoms with Gasteiger partial charge in [0.2, 0.25) is 0 Å². The van der Waals surface area contributed by atoms with E-state index in [0.29, 0.717) is 24.2 Å². The fourth-order valence-corrected chi connectivity index (χ4v) is 4.03. The Hall–Kier alpha value is -4.19. The highest BCUT2D eigenvalue weighted by molar-refractivity contribution is 6.16. The molecule has 0 atom stereocenters. The van der Waals surface area contributed by atoms with E-state index in [2.05, 4.69) is 15.3 Å². The van der Waals surface area contributed by atoms with E-state index in [1.807, 2.05) is 83.4 Å². The number of pyridine rings is 1. The molecule has 0 saturated carbocycles. The van der Waals surface area contributed by atoms with Crippen molar-refractivity contribution in [1.29, 1.82) is 0 Å². The zero-order valence-electron chi connectivity index (χ0n) is 17.7. The van der Waals surface area contributed by atoms with Gasteiger partial charge in [0.25, 0.3) is 5.91 Å². The molecule has 5 rings (SSSR count). The van der Waals surface area contributed by atoms with Crippen LogP contribution in [0.1, 0.15) is 15.9 Å². The number of hydrogen-bond donors (Lipinski definition) is 1. The monoisotopic (exact) mass is 422 g/mol. The average Bonchev–Trinajstić information content (AvgIpc) is 3.19. The fraction of sp³-hybridized carbons (Fsp3) is 0.115. The van der Waals surface area contributed by atoms with Crippen LogP contribution in [0.5, 0.6) is 5.75 Å². The molecule has 6 heteroatoms. The molecule has 0 radical (unpaired) electrons. The van der Waals surface area contributed by atoms with Crippen molar-refractivity contribution in [2.75, 3.05) is 13.7 Å². The number of carbonyl (C=O) groups excluding carboxylic acids is 1. The minimum atomic E-state index is -0.140. The maximum absolute atomic E-state index is 13.4. The van der Waals surface area contributed by atoms with Crippen LogP contribution in [0.15, 0.2) is 85.3 Å². The molecule has 1 N–H and O–H groups in total. The highest BCUT2D eigenvalue weighted by Crippen LogP contribution is 2.32. The molecule has 158 valence electrons. The molecule has 0 bridgehead atoms. The number of carbonyl (C=O) groups is 1. The number of fused-ring (bicyclic) bond motifs is 3. The van der Waals surface area contributed by atoms with Gasteiger partial charge in [-0.2, -0.15) is 0 Å². The van der Waals surface area contributed by atoms with Crippen molar-refractivity contribution in [2.45, 2.75) is 6.42 Å². The number of hydrogen-bond acceptors (Lipinski definition) is 4. The second kappa shape index (κ2) is 8.51. The Balaban J connectivity index is 1.54. The normalized spacial score (nSPS) is 11.0. The van der Waals surface area contributed by atoms with Crippen LogP contribution in [0.25, 0.3) is 27.8 Å². The number of amides is 1. The van der Waals surface area contributed by atoms with E-state index in [4.69, 9.17) is 4.74 Å². The molecule has 3 aromatic heterocycles. The van der Waals surface area contributed by atoms with Gasteiger partial charge >= 0.3 is 0 Å². The summed E-state index contributed by atoms with van der Waals surface area (Å²) in [5.74, 6) is 0.668. The summed E-state index contributed by atoms with van der Waals surface area (Å²) in [6.45, 7) is 0.506. The van der Waals surface area contributed by atoms with Crippen molar-refractivity contribution in [1.82, 2.24) is 19.7 Å². The van der Waals surface area contributed by atoms with Gasteiger partial charge < -0.3 is 14.5 Å². The highest BCUT2D eigenvalue weighted by Gasteiger charge is 2.22. The molecule has 0 aliphatic carbocycles. The predicted molar refractivity (Wildman–Crippen MR) is 125 cm³/mol. The first-order chi connectivity index (χ1) is 15.8. The van der Waals surface area contributed by atoms with E-state index in [1.165, 1.54) is 0 Å². The van der Waals surface area contributed by atoms with Gasteiger partial charge in [-0.15, -0.1) is 0 Å². The van der Waals surface area contributed by atoms with Crippen LogP contribution < -0.4 is 10.1 Å². The Labute approximate surface area is 185 Å². The number of nitrogens with one attached hydrogen (secondary N) is 1. The second-order valence-corrected chi connectivity index (χ2v) is 7.48. The van der Waals surface area contributed by atoms with Crippen LogP contribution in [0, 0.1) is 0 Å². The van der Waals surface area contributed by atoms with Crippen LogP contribution in [0.3, 0.4) is 0 Å². The third-order valence-corrected chi connectivity index (χ3v) is 5.53. The Morgan fingerprint density at radius 1 is 1.00 bits per heavy atom. The summed E-state index contributed by atoms with van der Waals surface area (Å²) < 4.78 is 7.23. The van der Waals surface area contributed by atoms with E-state index in [1.54, 1.807) is 13.4 Å². The molecule has 1 amide bonds. The maximum atomic E-state index is 13.4. The maximum Gasteiger partial charge on any atom is 0.254 e. The number of methoxy groups -OCH3 is 1. The lowest BCUT2D eigenvalue weighted by Gasteiger charge is -2.08. The minimum Gasteiger partial charge on any atom is -0.497 e. The zero-order chi connectivity index (χ0) is 21.9. The third-order valence-electron chi connectivity index (χ3n) is 5.53. The summed E-state index contributed by atoms with van der Waals surface area (Å²) in [6, 6.07) is 23.6. The SMILES string of the molecule is COc1cccc(CCNC(=O)c2c3c(-c4ccccc4)ncnc3n3ccccc23)c1. The molecule has 2 aromatic carbocycles. The smallest absolute Gasteiger partial charge is 0.254 e. The van der Waals surface area contributed by atoms with E-state index < -0.39 is 0 Å². The molecule has 3 heterocycles. The van der Waals surface area contributed by atoms with Crippen LogP contribution in [-0.2, 0) is 6.42 Å². The standard InChI is InChI=1S/C26H22N4O2/c1-32-20-11-7-8-18(16-20)13-14-27-26(31)22-21-12-5-6-15-30(21)25-23(22)24(28-17-29-25)19-9-3-2-4-10-19/h2-12,15-17H,13-14H2,1H3,(H,27,31). The van der Waals surface area contributed by atoms with Crippen molar-refractivity contribution in [3.63, 3.8) is 0 Å². The molecular weight excluding hydrogens is 400 g/mol. The second-order valence-electron chi connectivity index (χ2n) is 7.48.